The summed E-state index contributed by atoms with van der Waals surface area (Å²) < 4.78 is 1.36. The first kappa shape index (κ1) is 13.7. The molecule has 96 valence electrons. The Morgan fingerprint density at radius 1 is 1.53 bits per heavy atom. The molecular formula is C13H20ClNS2. The Balaban J connectivity index is 1.89. The summed E-state index contributed by atoms with van der Waals surface area (Å²) in [6, 6.07) is 2.48. The van der Waals surface area contributed by atoms with Crippen LogP contribution in [0, 0.1) is 0 Å². The lowest BCUT2D eigenvalue weighted by Gasteiger charge is -2.28. The fourth-order valence-corrected chi connectivity index (χ4v) is 4.39. The first-order chi connectivity index (χ1) is 8.15. The molecule has 1 N–H and O–H groups in total. The molecule has 1 aliphatic carbocycles. The van der Waals surface area contributed by atoms with Gasteiger partial charge in [0.05, 0.1) is 4.34 Å². The molecule has 0 spiro atoms. The zero-order valence-corrected chi connectivity index (χ0v) is 12.9. The zero-order valence-electron chi connectivity index (χ0n) is 10.5. The number of nitrogens with one attached hydrogen (secondary N) is 1. The number of thiophene rings is 1. The molecule has 0 aromatic carbocycles. The molecule has 1 saturated carbocycles. The second-order valence-corrected chi connectivity index (χ2v) is 7.70. The average Bonchev–Trinajstić information content (AvgIpc) is 2.95. The molecular weight excluding hydrogens is 270 g/mol. The molecule has 0 amide bonds. The molecule has 17 heavy (non-hydrogen) atoms. The number of rotatable bonds is 5. The molecule has 1 atom stereocenters. The van der Waals surface area contributed by atoms with Crippen LogP contribution >= 0.6 is 34.7 Å². The van der Waals surface area contributed by atoms with Crippen LogP contribution in [-0.2, 0) is 0 Å². The molecule has 0 radical (unpaired) electrons. The van der Waals surface area contributed by atoms with Crippen molar-refractivity contribution >= 4 is 34.7 Å². The summed E-state index contributed by atoms with van der Waals surface area (Å²) >= 11 is 9.63. The fourth-order valence-electron chi connectivity index (χ4n) is 2.48. The molecule has 1 nitrogen and oxygen atoms in total. The number of hydrogen-bond donors (Lipinski definition) is 1. The van der Waals surface area contributed by atoms with E-state index in [9.17, 15) is 0 Å². The standard InChI is InChI=1S/C13H20ClNS2/c1-10(11-7-12(14)17-8-11)15-9-13(16-2)5-3-4-6-13/h7-8,10,15H,3-6,9H2,1-2H3. The van der Waals surface area contributed by atoms with Crippen LogP contribution in [0.1, 0.15) is 44.2 Å². The Labute approximate surface area is 117 Å². The van der Waals surface area contributed by atoms with Crippen LogP contribution in [0.5, 0.6) is 0 Å². The molecule has 1 aromatic heterocycles. The monoisotopic (exact) mass is 289 g/mol. The highest BCUT2D eigenvalue weighted by atomic mass is 35.5. The van der Waals surface area contributed by atoms with Crippen LogP contribution in [0.2, 0.25) is 4.34 Å². The van der Waals surface area contributed by atoms with Crippen LogP contribution in [0.3, 0.4) is 0 Å². The summed E-state index contributed by atoms with van der Waals surface area (Å²) in [5.41, 5.74) is 1.31. The quantitative estimate of drug-likeness (QED) is 0.841. The maximum Gasteiger partial charge on any atom is 0.0931 e. The Hall–Kier alpha value is 0.300. The molecule has 0 aliphatic heterocycles. The van der Waals surface area contributed by atoms with E-state index in [2.05, 4.69) is 29.9 Å². The molecule has 1 aromatic rings. The number of hydrogen-bond acceptors (Lipinski definition) is 3. The molecule has 2 rings (SSSR count). The highest BCUT2D eigenvalue weighted by Crippen LogP contribution is 2.40. The molecule has 0 saturated heterocycles. The third-order valence-electron chi connectivity index (χ3n) is 3.77. The van der Waals surface area contributed by atoms with Crippen molar-refractivity contribution < 1.29 is 0 Å². The summed E-state index contributed by atoms with van der Waals surface area (Å²) in [7, 11) is 0. The highest BCUT2D eigenvalue weighted by molar-refractivity contribution is 8.00. The third kappa shape index (κ3) is 3.40. The van der Waals surface area contributed by atoms with E-state index >= 15 is 0 Å². The third-order valence-corrected chi connectivity index (χ3v) is 6.29. The highest BCUT2D eigenvalue weighted by Gasteiger charge is 2.32. The van der Waals surface area contributed by atoms with Crippen molar-refractivity contribution in [3.8, 4) is 0 Å². The van der Waals surface area contributed by atoms with E-state index in [1.807, 2.05) is 11.8 Å². The summed E-state index contributed by atoms with van der Waals surface area (Å²) in [5.74, 6) is 0. The SMILES string of the molecule is CSC1(CNC(C)c2csc(Cl)c2)CCCC1. The minimum absolute atomic E-state index is 0.406. The zero-order chi connectivity index (χ0) is 12.3. The van der Waals surface area contributed by atoms with Crippen molar-refractivity contribution in [1.82, 2.24) is 5.32 Å². The Kier molecular flexibility index (Phi) is 4.81. The van der Waals surface area contributed by atoms with E-state index < -0.39 is 0 Å². The second-order valence-electron chi connectivity index (χ2n) is 4.88. The van der Waals surface area contributed by atoms with Crippen LogP contribution in [0.4, 0.5) is 0 Å². The van der Waals surface area contributed by atoms with E-state index in [0.29, 0.717) is 10.8 Å². The van der Waals surface area contributed by atoms with E-state index in [1.165, 1.54) is 31.2 Å². The topological polar surface area (TPSA) is 12.0 Å². The van der Waals surface area contributed by atoms with Gasteiger partial charge in [0.25, 0.3) is 0 Å². The van der Waals surface area contributed by atoms with Gasteiger partial charge < -0.3 is 5.32 Å². The van der Waals surface area contributed by atoms with Gasteiger partial charge in [0, 0.05) is 17.3 Å². The largest absolute Gasteiger partial charge is 0.309 e. The van der Waals surface area contributed by atoms with Crippen LogP contribution in [-0.4, -0.2) is 17.5 Å². The Bertz CT molecular complexity index is 358. The number of halogens is 1. The minimum atomic E-state index is 0.406. The van der Waals surface area contributed by atoms with Gasteiger partial charge in [-0.1, -0.05) is 24.4 Å². The lowest BCUT2D eigenvalue weighted by atomic mass is 10.1. The lowest BCUT2D eigenvalue weighted by Crippen LogP contribution is -2.36. The fraction of sp³-hybridized carbons (Fsp3) is 0.692. The Morgan fingerprint density at radius 2 is 2.24 bits per heavy atom. The van der Waals surface area contributed by atoms with Crippen molar-refractivity contribution in [1.29, 1.82) is 0 Å². The van der Waals surface area contributed by atoms with Crippen molar-refractivity contribution in [3.63, 3.8) is 0 Å². The van der Waals surface area contributed by atoms with Gasteiger partial charge in [-0.15, -0.1) is 11.3 Å². The van der Waals surface area contributed by atoms with E-state index in [-0.39, 0.29) is 0 Å². The van der Waals surface area contributed by atoms with Gasteiger partial charge in [-0.3, -0.25) is 0 Å². The van der Waals surface area contributed by atoms with E-state index in [1.54, 1.807) is 11.3 Å². The molecule has 0 bridgehead atoms. The summed E-state index contributed by atoms with van der Waals surface area (Å²) in [6.07, 6.45) is 7.75. The summed E-state index contributed by atoms with van der Waals surface area (Å²) in [6.45, 7) is 3.34. The van der Waals surface area contributed by atoms with E-state index in [0.717, 1.165) is 10.9 Å². The van der Waals surface area contributed by atoms with Crippen molar-refractivity contribution in [2.45, 2.75) is 43.4 Å². The summed E-state index contributed by atoms with van der Waals surface area (Å²) in [4.78, 5) is 0. The van der Waals surface area contributed by atoms with Gasteiger partial charge in [0.2, 0.25) is 0 Å². The molecule has 1 heterocycles. The first-order valence-electron chi connectivity index (χ1n) is 6.18. The molecule has 1 aliphatic rings. The molecule has 1 fully saturated rings. The molecule has 1 unspecified atom stereocenters. The van der Waals surface area contributed by atoms with Crippen molar-refractivity contribution in [2.24, 2.45) is 0 Å². The minimum Gasteiger partial charge on any atom is -0.309 e. The van der Waals surface area contributed by atoms with Gasteiger partial charge >= 0.3 is 0 Å². The smallest absolute Gasteiger partial charge is 0.0931 e. The van der Waals surface area contributed by atoms with Crippen LogP contribution < -0.4 is 5.32 Å². The maximum absolute atomic E-state index is 5.97. The van der Waals surface area contributed by atoms with Gasteiger partial charge in [-0.05, 0) is 43.0 Å². The number of thioether (sulfide) groups is 1. The van der Waals surface area contributed by atoms with Crippen molar-refractivity contribution in [3.05, 3.63) is 21.3 Å². The van der Waals surface area contributed by atoms with Crippen molar-refractivity contribution in [2.75, 3.05) is 12.8 Å². The average molecular weight is 290 g/mol. The van der Waals surface area contributed by atoms with Crippen LogP contribution in [0.15, 0.2) is 11.4 Å². The van der Waals surface area contributed by atoms with Crippen LogP contribution in [0.25, 0.3) is 0 Å². The van der Waals surface area contributed by atoms with Gasteiger partial charge in [-0.25, -0.2) is 0 Å². The first-order valence-corrected chi connectivity index (χ1v) is 8.66. The van der Waals surface area contributed by atoms with Gasteiger partial charge in [0.15, 0.2) is 0 Å². The Morgan fingerprint density at radius 3 is 2.76 bits per heavy atom. The van der Waals surface area contributed by atoms with Gasteiger partial charge in [-0.2, -0.15) is 11.8 Å². The molecule has 4 heteroatoms. The van der Waals surface area contributed by atoms with Gasteiger partial charge in [0.1, 0.15) is 0 Å². The maximum atomic E-state index is 5.97. The normalized spacial score (nSPS) is 20.6. The second kappa shape index (κ2) is 5.96. The summed E-state index contributed by atoms with van der Waals surface area (Å²) in [5, 5.41) is 5.83. The lowest BCUT2D eigenvalue weighted by molar-refractivity contribution is 0.487. The predicted molar refractivity (Wildman–Crippen MR) is 80.5 cm³/mol. The predicted octanol–water partition coefficient (Wildman–Crippen LogP) is 4.73. The van der Waals surface area contributed by atoms with E-state index in [4.69, 9.17) is 11.6 Å².